The summed E-state index contributed by atoms with van der Waals surface area (Å²) in [6, 6.07) is 11.8. The van der Waals surface area contributed by atoms with Gasteiger partial charge in [-0.2, -0.15) is 0 Å². The van der Waals surface area contributed by atoms with Crippen LogP contribution in [-0.4, -0.2) is 49.7 Å². The van der Waals surface area contributed by atoms with Crippen molar-refractivity contribution in [2.45, 2.75) is 13.0 Å². The lowest BCUT2D eigenvalue weighted by atomic mass is 10.2. The Labute approximate surface area is 188 Å². The van der Waals surface area contributed by atoms with Crippen LogP contribution in [0.1, 0.15) is 22.3 Å². The van der Waals surface area contributed by atoms with E-state index in [4.69, 9.17) is 10.5 Å². The fourth-order valence-electron chi connectivity index (χ4n) is 3.20. The Morgan fingerprint density at radius 1 is 1.10 bits per heavy atom. The number of anilines is 2. The van der Waals surface area contributed by atoms with Crippen molar-refractivity contribution in [2.75, 3.05) is 37.5 Å². The van der Waals surface area contributed by atoms with Crippen LogP contribution in [0.15, 0.2) is 46.9 Å². The number of nitrogens with two attached hydrogens (primary N) is 1. The Bertz CT molecular complexity index is 967. The van der Waals surface area contributed by atoms with E-state index >= 15 is 0 Å². The van der Waals surface area contributed by atoms with Crippen LogP contribution < -0.4 is 21.4 Å². The van der Waals surface area contributed by atoms with Crippen molar-refractivity contribution in [3.8, 4) is 0 Å². The molecule has 2 aromatic carbocycles. The molecule has 0 radical (unpaired) electrons. The highest BCUT2D eigenvalue weighted by Crippen LogP contribution is 2.31. The summed E-state index contributed by atoms with van der Waals surface area (Å²) in [4.78, 5) is 36.7. The van der Waals surface area contributed by atoms with E-state index in [9.17, 15) is 14.4 Å². The number of carbonyl (C=O) groups is 3. The van der Waals surface area contributed by atoms with Gasteiger partial charge in [-0.3, -0.25) is 14.8 Å². The first-order valence-electron chi connectivity index (χ1n) is 9.71. The molecule has 0 atom stereocenters. The van der Waals surface area contributed by atoms with Gasteiger partial charge in [-0.15, -0.1) is 0 Å². The van der Waals surface area contributed by atoms with Crippen molar-refractivity contribution in [3.63, 3.8) is 0 Å². The van der Waals surface area contributed by atoms with E-state index in [2.05, 4.69) is 26.6 Å². The lowest BCUT2D eigenvalue weighted by Crippen LogP contribution is -2.48. The highest BCUT2D eigenvalue weighted by molar-refractivity contribution is 9.10. The molecule has 10 heteroatoms. The molecule has 4 N–H and O–H groups in total. The second kappa shape index (κ2) is 10.2. The van der Waals surface area contributed by atoms with Gasteiger partial charge in [0, 0.05) is 29.8 Å². The third-order valence-electron chi connectivity index (χ3n) is 4.80. The maximum Gasteiger partial charge on any atom is 0.337 e. The molecule has 0 spiro atoms. The van der Waals surface area contributed by atoms with Crippen molar-refractivity contribution >= 4 is 45.2 Å². The molecule has 3 rings (SSSR count). The molecule has 31 heavy (non-hydrogen) atoms. The predicted molar refractivity (Wildman–Crippen MR) is 120 cm³/mol. The number of nitrogens with one attached hydrogen (secondary N) is 2. The van der Waals surface area contributed by atoms with Crippen molar-refractivity contribution < 1.29 is 19.1 Å². The second-order valence-electron chi connectivity index (χ2n) is 6.93. The Kier molecular flexibility index (Phi) is 7.35. The van der Waals surface area contributed by atoms with Gasteiger partial charge in [-0.05, 0) is 58.2 Å². The van der Waals surface area contributed by atoms with Crippen molar-refractivity contribution in [1.29, 1.82) is 0 Å². The van der Waals surface area contributed by atoms with Crippen LogP contribution in [0.3, 0.4) is 0 Å². The highest BCUT2D eigenvalue weighted by atomic mass is 79.9. The van der Waals surface area contributed by atoms with Crippen molar-refractivity contribution in [3.05, 3.63) is 58.1 Å². The first-order valence-corrected chi connectivity index (χ1v) is 10.5. The Morgan fingerprint density at radius 2 is 1.84 bits per heavy atom. The number of nitrogens with zero attached hydrogens (tertiary/aromatic N) is 2. The van der Waals surface area contributed by atoms with Gasteiger partial charge in [-0.1, -0.05) is 12.1 Å². The minimum absolute atomic E-state index is 0.154. The van der Waals surface area contributed by atoms with Crippen LogP contribution in [0, 0.1) is 0 Å². The van der Waals surface area contributed by atoms with E-state index in [0.29, 0.717) is 36.6 Å². The molecule has 0 bridgehead atoms. The Balaban J connectivity index is 1.58. The number of benzene rings is 2. The lowest BCUT2D eigenvalue weighted by molar-refractivity contribution is -0.129. The number of rotatable bonds is 6. The fraction of sp³-hybridized carbons (Fsp3) is 0.286. The number of hydrogen-bond acceptors (Lipinski definition) is 6. The number of carbonyl (C=O) groups excluding carboxylic acids is 3. The van der Waals surface area contributed by atoms with E-state index < -0.39 is 12.0 Å². The zero-order chi connectivity index (χ0) is 22.4. The molecule has 1 saturated heterocycles. The van der Waals surface area contributed by atoms with E-state index in [1.807, 2.05) is 12.1 Å². The zero-order valence-electron chi connectivity index (χ0n) is 17.1. The lowest BCUT2D eigenvalue weighted by Gasteiger charge is -2.31. The van der Waals surface area contributed by atoms with Crippen LogP contribution in [0.25, 0.3) is 0 Å². The molecular weight excluding hydrogens is 466 g/mol. The molecule has 0 aliphatic carbocycles. The highest BCUT2D eigenvalue weighted by Gasteiger charge is 2.29. The maximum atomic E-state index is 12.8. The van der Waals surface area contributed by atoms with Gasteiger partial charge in [0.05, 0.1) is 18.4 Å². The molecule has 164 valence electrons. The standard InChI is InChI=1S/C21H24BrN5O4/c1-31-20(29)15-5-8-17(22)18(11-15)26-9-2-10-27(26)19(28)13-25-21(30)24-12-14-3-6-16(23)7-4-14/h3-8,11H,2,9-10,12-13,23H2,1H3,(H2,24,25,30). The number of esters is 1. The van der Waals surface area contributed by atoms with Crippen LogP contribution in [0.4, 0.5) is 16.2 Å². The fourth-order valence-corrected chi connectivity index (χ4v) is 3.66. The number of ether oxygens (including phenoxy) is 1. The largest absolute Gasteiger partial charge is 0.465 e. The number of amides is 3. The van der Waals surface area contributed by atoms with Crippen molar-refractivity contribution in [1.82, 2.24) is 15.6 Å². The summed E-state index contributed by atoms with van der Waals surface area (Å²) in [6.07, 6.45) is 0.768. The number of nitrogen functional groups attached to an aromatic ring is 1. The predicted octanol–water partition coefficient (Wildman–Crippen LogP) is 2.27. The third kappa shape index (κ3) is 5.66. The molecular formula is C21H24BrN5O4. The quantitative estimate of drug-likeness (QED) is 0.423. The third-order valence-corrected chi connectivity index (χ3v) is 5.47. The summed E-state index contributed by atoms with van der Waals surface area (Å²) in [6.45, 7) is 1.29. The van der Waals surface area contributed by atoms with E-state index in [1.165, 1.54) is 7.11 Å². The molecule has 0 aromatic heterocycles. The summed E-state index contributed by atoms with van der Waals surface area (Å²) in [5.41, 5.74) is 8.27. The number of halogens is 1. The average molecular weight is 490 g/mol. The summed E-state index contributed by atoms with van der Waals surface area (Å²) >= 11 is 3.48. The van der Waals surface area contributed by atoms with Gasteiger partial charge in [0.25, 0.3) is 5.91 Å². The van der Waals surface area contributed by atoms with Crippen LogP contribution in [-0.2, 0) is 16.1 Å². The Hall–Kier alpha value is -3.27. The second-order valence-corrected chi connectivity index (χ2v) is 7.78. The molecule has 2 aromatic rings. The van der Waals surface area contributed by atoms with Crippen molar-refractivity contribution in [2.24, 2.45) is 0 Å². The summed E-state index contributed by atoms with van der Waals surface area (Å²) in [7, 11) is 1.32. The number of urea groups is 1. The minimum Gasteiger partial charge on any atom is -0.465 e. The monoisotopic (exact) mass is 489 g/mol. The van der Waals surface area contributed by atoms with Gasteiger partial charge < -0.3 is 21.1 Å². The van der Waals surface area contributed by atoms with E-state index in [0.717, 1.165) is 16.5 Å². The molecule has 9 nitrogen and oxygen atoms in total. The molecule has 0 saturated carbocycles. The SMILES string of the molecule is COC(=O)c1ccc(Br)c(N2CCCN2C(=O)CNC(=O)NCc2ccc(N)cc2)c1. The van der Waals surface area contributed by atoms with Gasteiger partial charge >= 0.3 is 12.0 Å². The number of methoxy groups -OCH3 is 1. The summed E-state index contributed by atoms with van der Waals surface area (Å²) in [5, 5.41) is 8.67. The van der Waals surface area contributed by atoms with Gasteiger partial charge in [0.15, 0.2) is 0 Å². The van der Waals surface area contributed by atoms with Gasteiger partial charge in [0.2, 0.25) is 0 Å². The molecule has 1 aliphatic heterocycles. The minimum atomic E-state index is -0.453. The number of hydrazine groups is 1. The maximum absolute atomic E-state index is 12.8. The Morgan fingerprint density at radius 3 is 2.55 bits per heavy atom. The summed E-state index contributed by atoms with van der Waals surface area (Å²) < 4.78 is 5.52. The number of hydrogen-bond donors (Lipinski definition) is 3. The smallest absolute Gasteiger partial charge is 0.337 e. The first kappa shape index (κ1) is 22.4. The molecule has 1 aliphatic rings. The van der Waals surface area contributed by atoms with Crippen LogP contribution >= 0.6 is 15.9 Å². The molecule has 1 fully saturated rings. The zero-order valence-corrected chi connectivity index (χ0v) is 18.6. The average Bonchev–Trinajstić information content (AvgIpc) is 3.26. The molecule has 3 amide bonds. The van der Waals surface area contributed by atoms with Crippen LogP contribution in [0.5, 0.6) is 0 Å². The topological polar surface area (TPSA) is 117 Å². The molecule has 1 heterocycles. The van der Waals surface area contributed by atoms with Gasteiger partial charge in [-0.25, -0.2) is 9.59 Å². The van der Waals surface area contributed by atoms with Gasteiger partial charge in [0.1, 0.15) is 6.54 Å². The van der Waals surface area contributed by atoms with Crippen LogP contribution in [0.2, 0.25) is 0 Å². The van der Waals surface area contributed by atoms with E-state index in [1.54, 1.807) is 40.3 Å². The normalized spacial score (nSPS) is 13.1. The van der Waals surface area contributed by atoms with E-state index in [-0.39, 0.29) is 12.5 Å². The molecule has 0 unspecified atom stereocenters. The summed E-state index contributed by atoms with van der Waals surface area (Å²) in [5.74, 6) is -0.708. The first-order chi connectivity index (χ1) is 14.9.